The van der Waals surface area contributed by atoms with Crippen LogP contribution in [-0.4, -0.2) is 18.2 Å². The van der Waals surface area contributed by atoms with Crippen LogP contribution in [0, 0.1) is 0 Å². The van der Waals surface area contributed by atoms with Crippen molar-refractivity contribution in [2.45, 2.75) is 46.3 Å². The Balaban J connectivity index is 2.83. The van der Waals surface area contributed by atoms with Gasteiger partial charge in [-0.15, -0.1) is 0 Å². The van der Waals surface area contributed by atoms with Crippen LogP contribution in [0.4, 0.5) is 0 Å². The number of halogens is 1. The molecule has 0 atom stereocenters. The lowest BCUT2D eigenvalue weighted by Gasteiger charge is -2.15. The minimum Gasteiger partial charge on any atom is -0.491 e. The Bertz CT molecular complexity index is 414. The smallest absolute Gasteiger partial charge is 0.310 e. The molecule has 4 heteroatoms. The van der Waals surface area contributed by atoms with Gasteiger partial charge in [0.05, 0.1) is 18.6 Å². The first-order chi connectivity index (χ1) is 8.38. The summed E-state index contributed by atoms with van der Waals surface area (Å²) < 4.78 is 11.8. The third-order valence-corrected chi connectivity index (χ3v) is 2.59. The molecular formula is C14H19BrO3. The van der Waals surface area contributed by atoms with E-state index in [1.54, 1.807) is 0 Å². The summed E-state index contributed by atoms with van der Waals surface area (Å²) in [6, 6.07) is 5.65. The number of carbonyl (C=O) groups excluding carboxylic acids is 1. The number of benzene rings is 1. The first-order valence-electron chi connectivity index (χ1n) is 6.03. The average molecular weight is 315 g/mol. The fourth-order valence-electron chi connectivity index (χ4n) is 1.50. The van der Waals surface area contributed by atoms with E-state index in [4.69, 9.17) is 9.47 Å². The average Bonchev–Trinajstić information content (AvgIpc) is 2.20. The van der Waals surface area contributed by atoms with Gasteiger partial charge in [0.1, 0.15) is 5.75 Å². The SMILES string of the molecule is CC(C)OC(=O)Cc1ccc(Br)cc1OC(C)C. The van der Waals surface area contributed by atoms with E-state index in [9.17, 15) is 4.79 Å². The van der Waals surface area contributed by atoms with E-state index >= 15 is 0 Å². The van der Waals surface area contributed by atoms with Crippen LogP contribution >= 0.6 is 15.9 Å². The Kier molecular flexibility index (Phi) is 5.66. The number of hydrogen-bond donors (Lipinski definition) is 0. The van der Waals surface area contributed by atoms with Crippen LogP contribution in [-0.2, 0) is 16.0 Å². The van der Waals surface area contributed by atoms with Gasteiger partial charge in [-0.25, -0.2) is 0 Å². The number of rotatable bonds is 5. The standard InChI is InChI=1S/C14H19BrO3/c1-9(2)17-13-8-12(15)6-5-11(13)7-14(16)18-10(3)4/h5-6,8-10H,7H2,1-4H3. The van der Waals surface area contributed by atoms with Gasteiger partial charge in [-0.1, -0.05) is 22.0 Å². The summed E-state index contributed by atoms with van der Waals surface area (Å²) in [4.78, 5) is 11.7. The van der Waals surface area contributed by atoms with E-state index < -0.39 is 0 Å². The molecule has 0 saturated heterocycles. The lowest BCUT2D eigenvalue weighted by molar-refractivity contribution is -0.146. The van der Waals surface area contributed by atoms with Crippen molar-refractivity contribution in [2.24, 2.45) is 0 Å². The topological polar surface area (TPSA) is 35.5 Å². The highest BCUT2D eigenvalue weighted by molar-refractivity contribution is 9.10. The predicted molar refractivity (Wildman–Crippen MR) is 74.8 cm³/mol. The summed E-state index contributed by atoms with van der Waals surface area (Å²) in [7, 11) is 0. The van der Waals surface area contributed by atoms with Crippen LogP contribution in [0.3, 0.4) is 0 Å². The van der Waals surface area contributed by atoms with Crippen molar-refractivity contribution in [3.05, 3.63) is 28.2 Å². The molecular weight excluding hydrogens is 296 g/mol. The van der Waals surface area contributed by atoms with Gasteiger partial charge >= 0.3 is 5.97 Å². The molecule has 0 heterocycles. The molecule has 0 unspecified atom stereocenters. The zero-order valence-corrected chi connectivity index (χ0v) is 12.8. The second-order valence-electron chi connectivity index (χ2n) is 4.63. The van der Waals surface area contributed by atoms with E-state index in [0.717, 1.165) is 15.8 Å². The zero-order valence-electron chi connectivity index (χ0n) is 11.2. The van der Waals surface area contributed by atoms with Gasteiger partial charge < -0.3 is 9.47 Å². The molecule has 1 aromatic rings. The Labute approximate surface area is 117 Å². The van der Waals surface area contributed by atoms with Crippen LogP contribution < -0.4 is 4.74 Å². The fraction of sp³-hybridized carbons (Fsp3) is 0.500. The van der Waals surface area contributed by atoms with E-state index in [1.807, 2.05) is 45.9 Å². The summed E-state index contributed by atoms with van der Waals surface area (Å²) in [6.45, 7) is 7.59. The number of hydrogen-bond acceptors (Lipinski definition) is 3. The maximum atomic E-state index is 11.7. The maximum Gasteiger partial charge on any atom is 0.310 e. The quantitative estimate of drug-likeness (QED) is 0.777. The van der Waals surface area contributed by atoms with Crippen LogP contribution in [0.25, 0.3) is 0 Å². The number of carbonyl (C=O) groups is 1. The summed E-state index contributed by atoms with van der Waals surface area (Å²) in [6.07, 6.45) is 0.203. The zero-order chi connectivity index (χ0) is 13.7. The highest BCUT2D eigenvalue weighted by Crippen LogP contribution is 2.25. The molecule has 0 aliphatic rings. The normalized spacial score (nSPS) is 10.8. The number of esters is 1. The third kappa shape index (κ3) is 5.08. The summed E-state index contributed by atoms with van der Waals surface area (Å²) >= 11 is 3.40. The molecule has 0 aliphatic carbocycles. The Morgan fingerprint density at radius 2 is 1.89 bits per heavy atom. The molecule has 1 rings (SSSR count). The van der Waals surface area contributed by atoms with Gasteiger partial charge in [-0.2, -0.15) is 0 Å². The minimum absolute atomic E-state index is 0.0687. The number of ether oxygens (including phenoxy) is 2. The first-order valence-corrected chi connectivity index (χ1v) is 6.82. The van der Waals surface area contributed by atoms with Gasteiger partial charge in [0.2, 0.25) is 0 Å². The van der Waals surface area contributed by atoms with E-state index in [0.29, 0.717) is 0 Å². The van der Waals surface area contributed by atoms with Crippen LogP contribution in [0.1, 0.15) is 33.3 Å². The summed E-state index contributed by atoms with van der Waals surface area (Å²) in [5, 5.41) is 0. The predicted octanol–water partition coefficient (Wildman–Crippen LogP) is 3.73. The monoisotopic (exact) mass is 314 g/mol. The van der Waals surface area contributed by atoms with Gasteiger partial charge in [0.25, 0.3) is 0 Å². The van der Waals surface area contributed by atoms with Gasteiger partial charge in [-0.05, 0) is 39.8 Å². The molecule has 3 nitrogen and oxygen atoms in total. The molecule has 0 spiro atoms. The molecule has 1 aromatic carbocycles. The highest BCUT2D eigenvalue weighted by atomic mass is 79.9. The third-order valence-electron chi connectivity index (χ3n) is 2.09. The lowest BCUT2D eigenvalue weighted by Crippen LogP contribution is -2.15. The van der Waals surface area contributed by atoms with Crippen molar-refractivity contribution in [2.75, 3.05) is 0 Å². The molecule has 0 aliphatic heterocycles. The maximum absolute atomic E-state index is 11.7. The minimum atomic E-state index is -0.235. The largest absolute Gasteiger partial charge is 0.491 e. The van der Waals surface area contributed by atoms with Crippen LogP contribution in [0.15, 0.2) is 22.7 Å². The van der Waals surface area contributed by atoms with Crippen molar-refractivity contribution in [1.29, 1.82) is 0 Å². The fourth-order valence-corrected chi connectivity index (χ4v) is 1.84. The van der Waals surface area contributed by atoms with E-state index in [-0.39, 0.29) is 24.6 Å². The van der Waals surface area contributed by atoms with Crippen LogP contribution in [0.2, 0.25) is 0 Å². The summed E-state index contributed by atoms with van der Waals surface area (Å²) in [5.74, 6) is 0.487. The second-order valence-corrected chi connectivity index (χ2v) is 5.55. The molecule has 0 bridgehead atoms. The summed E-state index contributed by atoms with van der Waals surface area (Å²) in [5.41, 5.74) is 0.845. The Hall–Kier alpha value is -1.03. The Morgan fingerprint density at radius 3 is 2.44 bits per heavy atom. The lowest BCUT2D eigenvalue weighted by atomic mass is 10.1. The molecule has 100 valence electrons. The van der Waals surface area contributed by atoms with Gasteiger partial charge in [0, 0.05) is 10.0 Å². The van der Waals surface area contributed by atoms with Crippen molar-refractivity contribution in [3.63, 3.8) is 0 Å². The van der Waals surface area contributed by atoms with Crippen molar-refractivity contribution >= 4 is 21.9 Å². The van der Waals surface area contributed by atoms with Crippen molar-refractivity contribution < 1.29 is 14.3 Å². The Morgan fingerprint density at radius 1 is 1.22 bits per heavy atom. The molecule has 0 radical (unpaired) electrons. The van der Waals surface area contributed by atoms with Gasteiger partial charge in [0.15, 0.2) is 0 Å². The second kappa shape index (κ2) is 6.78. The molecule has 0 fully saturated rings. The highest BCUT2D eigenvalue weighted by Gasteiger charge is 2.12. The van der Waals surface area contributed by atoms with Gasteiger partial charge in [-0.3, -0.25) is 4.79 Å². The van der Waals surface area contributed by atoms with Crippen molar-refractivity contribution in [1.82, 2.24) is 0 Å². The molecule has 18 heavy (non-hydrogen) atoms. The molecule has 0 saturated carbocycles. The molecule has 0 aromatic heterocycles. The molecule has 0 N–H and O–H groups in total. The molecule has 0 amide bonds. The van der Waals surface area contributed by atoms with Crippen molar-refractivity contribution in [3.8, 4) is 5.75 Å². The van der Waals surface area contributed by atoms with Crippen LogP contribution in [0.5, 0.6) is 5.75 Å². The first kappa shape index (κ1) is 15.0. The van der Waals surface area contributed by atoms with E-state index in [2.05, 4.69) is 15.9 Å². The van der Waals surface area contributed by atoms with E-state index in [1.165, 1.54) is 0 Å².